The van der Waals surface area contributed by atoms with Crippen LogP contribution in [0, 0.1) is 10.1 Å². The van der Waals surface area contributed by atoms with Crippen molar-refractivity contribution in [1.29, 1.82) is 0 Å². The van der Waals surface area contributed by atoms with Gasteiger partial charge < -0.3 is 5.11 Å². The molecule has 0 bridgehead atoms. The van der Waals surface area contributed by atoms with Gasteiger partial charge in [0, 0.05) is 0 Å². The lowest BCUT2D eigenvalue weighted by Crippen LogP contribution is -2.49. The molecule has 0 aliphatic rings. The van der Waals surface area contributed by atoms with Gasteiger partial charge in [0.05, 0.1) is 4.92 Å². The summed E-state index contributed by atoms with van der Waals surface area (Å²) < 4.78 is 14.4. The Morgan fingerprint density at radius 1 is 1.05 bits per heavy atom. The molecule has 0 heterocycles. The fourth-order valence-corrected chi connectivity index (χ4v) is 2.35. The zero-order chi connectivity index (χ0) is 15.5. The van der Waals surface area contributed by atoms with E-state index in [9.17, 15) is 24.4 Å². The summed E-state index contributed by atoms with van der Waals surface area (Å²) in [5, 5.41) is 20.6. The number of hydrogen-bond donors (Lipinski definition) is 1. The normalized spacial score (nSPS) is 12.6. The Bertz CT molecular complexity index is 606. The number of nitro groups is 1. The summed E-state index contributed by atoms with van der Waals surface area (Å²) >= 11 is 0. The minimum Gasteiger partial charge on any atom is -0.480 e. The molecule has 0 saturated carbocycles. The molecule has 5 nitrogen and oxygen atoms in total. The second kappa shape index (κ2) is 5.70. The Kier molecular flexibility index (Phi) is 3.98. The fraction of sp³-hybridized carbons (Fsp3) is 0.133. The SMILES string of the molecule is O=C(O)C(c1ccccc1)(c1ccccc1)C(F)[N+](=O)[O-]. The molecule has 21 heavy (non-hydrogen) atoms. The lowest BCUT2D eigenvalue weighted by molar-refractivity contribution is -0.561. The number of nitrogens with zero attached hydrogens (tertiary/aromatic N) is 1. The van der Waals surface area contributed by atoms with Crippen LogP contribution in [0.25, 0.3) is 0 Å². The van der Waals surface area contributed by atoms with Gasteiger partial charge in [-0.2, -0.15) is 4.39 Å². The van der Waals surface area contributed by atoms with Crippen molar-refractivity contribution in [2.24, 2.45) is 0 Å². The van der Waals surface area contributed by atoms with Gasteiger partial charge >= 0.3 is 12.3 Å². The van der Waals surface area contributed by atoms with Crippen molar-refractivity contribution in [3.05, 3.63) is 81.9 Å². The molecular weight excluding hydrogens is 277 g/mol. The smallest absolute Gasteiger partial charge is 0.373 e. The molecule has 1 atom stereocenters. The number of benzene rings is 2. The van der Waals surface area contributed by atoms with Gasteiger partial charge in [0.25, 0.3) is 0 Å². The van der Waals surface area contributed by atoms with Crippen LogP contribution >= 0.6 is 0 Å². The monoisotopic (exact) mass is 289 g/mol. The number of alkyl halides is 1. The Morgan fingerprint density at radius 3 is 1.71 bits per heavy atom. The maximum atomic E-state index is 14.4. The predicted octanol–water partition coefficient (Wildman–Crippen LogP) is 2.63. The summed E-state index contributed by atoms with van der Waals surface area (Å²) in [5.74, 6) is -1.61. The quantitative estimate of drug-likeness (QED) is 0.521. The van der Waals surface area contributed by atoms with E-state index in [4.69, 9.17) is 0 Å². The number of rotatable bonds is 5. The van der Waals surface area contributed by atoms with E-state index < -0.39 is 22.6 Å². The molecule has 1 unspecified atom stereocenters. The standard InChI is InChI=1S/C15H12FNO4/c16-13(17(20)21)15(14(18)19,11-7-3-1-4-8-11)12-9-5-2-6-10-12/h1-10,13H,(H,18,19). The summed E-state index contributed by atoms with van der Waals surface area (Å²) in [7, 11) is 0. The fourth-order valence-electron chi connectivity index (χ4n) is 2.35. The summed E-state index contributed by atoms with van der Waals surface area (Å²) in [5.41, 5.74) is -2.34. The molecule has 0 aromatic heterocycles. The molecule has 2 aromatic rings. The number of carboxylic acid groups (broad SMARTS) is 1. The summed E-state index contributed by atoms with van der Waals surface area (Å²) in [4.78, 5) is 21.6. The Morgan fingerprint density at radius 2 is 1.43 bits per heavy atom. The molecule has 0 aliphatic carbocycles. The van der Waals surface area contributed by atoms with Gasteiger partial charge in [-0.3, -0.25) is 14.9 Å². The molecule has 0 aliphatic heterocycles. The zero-order valence-corrected chi connectivity index (χ0v) is 10.8. The van der Waals surface area contributed by atoms with Gasteiger partial charge in [-0.15, -0.1) is 0 Å². The third kappa shape index (κ3) is 2.35. The first kappa shape index (κ1) is 14.6. The molecule has 108 valence electrons. The van der Waals surface area contributed by atoms with E-state index in [0.717, 1.165) is 0 Å². The first-order valence-corrected chi connectivity index (χ1v) is 6.13. The molecule has 0 spiro atoms. The Labute approximate surface area is 119 Å². The van der Waals surface area contributed by atoms with Crippen molar-refractivity contribution in [2.75, 3.05) is 0 Å². The maximum Gasteiger partial charge on any atom is 0.373 e. The van der Waals surface area contributed by atoms with Gasteiger partial charge in [-0.1, -0.05) is 60.7 Å². The highest BCUT2D eigenvalue weighted by Crippen LogP contribution is 2.38. The lowest BCUT2D eigenvalue weighted by Gasteiger charge is -2.28. The molecule has 0 saturated heterocycles. The second-order valence-electron chi connectivity index (χ2n) is 4.47. The average Bonchev–Trinajstić information content (AvgIpc) is 2.49. The molecule has 0 fully saturated rings. The van der Waals surface area contributed by atoms with Gasteiger partial charge in [0.1, 0.15) is 0 Å². The van der Waals surface area contributed by atoms with E-state index in [1.54, 1.807) is 12.1 Å². The molecule has 6 heteroatoms. The van der Waals surface area contributed by atoms with Crippen LogP contribution in [0.15, 0.2) is 60.7 Å². The van der Waals surface area contributed by atoms with Crippen molar-refractivity contribution < 1.29 is 19.2 Å². The minimum absolute atomic E-state index is 0.0212. The van der Waals surface area contributed by atoms with Gasteiger partial charge in [0.15, 0.2) is 0 Å². The van der Waals surface area contributed by atoms with Crippen molar-refractivity contribution in [3.63, 3.8) is 0 Å². The molecule has 0 amide bonds. The number of carbonyl (C=O) groups is 1. The third-order valence-electron chi connectivity index (χ3n) is 3.34. The predicted molar refractivity (Wildman–Crippen MR) is 73.2 cm³/mol. The van der Waals surface area contributed by atoms with Crippen molar-refractivity contribution in [3.8, 4) is 0 Å². The molecular formula is C15H12FNO4. The molecule has 2 rings (SSSR count). The second-order valence-corrected chi connectivity index (χ2v) is 4.47. The van der Waals surface area contributed by atoms with Crippen LogP contribution in [-0.4, -0.2) is 22.3 Å². The maximum absolute atomic E-state index is 14.4. The van der Waals surface area contributed by atoms with Crippen LogP contribution in [0.3, 0.4) is 0 Å². The van der Waals surface area contributed by atoms with Crippen LogP contribution in [0.5, 0.6) is 0 Å². The Balaban J connectivity index is 2.79. The van der Waals surface area contributed by atoms with Crippen LogP contribution in [0.2, 0.25) is 0 Å². The number of hydrogen-bond acceptors (Lipinski definition) is 3. The average molecular weight is 289 g/mol. The third-order valence-corrected chi connectivity index (χ3v) is 3.34. The van der Waals surface area contributed by atoms with Crippen LogP contribution in [0.4, 0.5) is 4.39 Å². The topological polar surface area (TPSA) is 80.4 Å². The van der Waals surface area contributed by atoms with Crippen LogP contribution in [-0.2, 0) is 10.2 Å². The van der Waals surface area contributed by atoms with E-state index in [1.165, 1.54) is 48.5 Å². The van der Waals surface area contributed by atoms with Crippen molar-refractivity contribution in [2.45, 2.75) is 11.7 Å². The zero-order valence-electron chi connectivity index (χ0n) is 10.8. The van der Waals surface area contributed by atoms with Crippen molar-refractivity contribution in [1.82, 2.24) is 0 Å². The van der Waals surface area contributed by atoms with Crippen LogP contribution in [0.1, 0.15) is 11.1 Å². The Hall–Kier alpha value is -2.76. The number of aliphatic carboxylic acids is 1. The highest BCUT2D eigenvalue weighted by molar-refractivity contribution is 5.86. The number of halogens is 1. The van der Waals surface area contributed by atoms with E-state index in [-0.39, 0.29) is 11.1 Å². The van der Waals surface area contributed by atoms with Gasteiger partial charge in [-0.05, 0) is 11.1 Å². The van der Waals surface area contributed by atoms with E-state index in [0.29, 0.717) is 0 Å². The van der Waals surface area contributed by atoms with Crippen LogP contribution < -0.4 is 0 Å². The van der Waals surface area contributed by atoms with E-state index >= 15 is 0 Å². The number of carboxylic acids is 1. The molecule has 1 N–H and O–H groups in total. The highest BCUT2D eigenvalue weighted by atomic mass is 19.1. The van der Waals surface area contributed by atoms with E-state index in [2.05, 4.69) is 0 Å². The molecule has 0 radical (unpaired) electrons. The van der Waals surface area contributed by atoms with E-state index in [1.807, 2.05) is 0 Å². The summed E-state index contributed by atoms with van der Waals surface area (Å²) in [6.45, 7) is 0. The largest absolute Gasteiger partial charge is 0.480 e. The summed E-state index contributed by atoms with van der Waals surface area (Å²) in [6.07, 6.45) is -2.81. The molecule has 2 aromatic carbocycles. The van der Waals surface area contributed by atoms with Gasteiger partial charge in [0.2, 0.25) is 5.41 Å². The van der Waals surface area contributed by atoms with Crippen molar-refractivity contribution >= 4 is 5.97 Å². The van der Waals surface area contributed by atoms with Gasteiger partial charge in [-0.25, -0.2) is 0 Å². The first-order chi connectivity index (χ1) is 10.0. The lowest BCUT2D eigenvalue weighted by atomic mass is 9.73. The minimum atomic E-state index is -2.81. The first-order valence-electron chi connectivity index (χ1n) is 6.13. The highest BCUT2D eigenvalue weighted by Gasteiger charge is 2.57. The summed E-state index contributed by atoms with van der Waals surface area (Å²) in [6, 6.07) is 14.8.